The minimum atomic E-state index is -0.444. The van der Waals surface area contributed by atoms with Gasteiger partial charge in [-0.25, -0.2) is 4.79 Å². The van der Waals surface area contributed by atoms with E-state index in [2.05, 4.69) is 38.2 Å². The van der Waals surface area contributed by atoms with Crippen molar-refractivity contribution in [2.24, 2.45) is 0 Å². The third kappa shape index (κ3) is 6.41. The standard InChI is InChI=1S/C23H29NO4/c1-5-27-22(26)19-9-6-7-10-20(19)24-21(25)11-8-16-28-18-14-12-17(13-15-18)23(2,3)4/h6-7,9-10,12-15H,5,8,11,16H2,1-4H3,(H,24,25). The second-order valence-corrected chi connectivity index (χ2v) is 7.54. The van der Waals surface area contributed by atoms with E-state index < -0.39 is 5.97 Å². The molecule has 0 unspecified atom stereocenters. The fraction of sp³-hybridized carbons (Fsp3) is 0.391. The van der Waals surface area contributed by atoms with Gasteiger partial charge in [-0.2, -0.15) is 0 Å². The lowest BCUT2D eigenvalue weighted by Gasteiger charge is -2.19. The molecule has 150 valence electrons. The van der Waals surface area contributed by atoms with Crippen LogP contribution in [-0.2, 0) is 14.9 Å². The largest absolute Gasteiger partial charge is 0.494 e. The zero-order valence-corrected chi connectivity index (χ0v) is 17.1. The molecule has 0 aliphatic heterocycles. The van der Waals surface area contributed by atoms with Crippen LogP contribution in [0.4, 0.5) is 5.69 Å². The van der Waals surface area contributed by atoms with Crippen LogP contribution in [0.25, 0.3) is 0 Å². The molecule has 5 nitrogen and oxygen atoms in total. The molecule has 0 aromatic heterocycles. The highest BCUT2D eigenvalue weighted by atomic mass is 16.5. The fourth-order valence-corrected chi connectivity index (χ4v) is 2.67. The maximum atomic E-state index is 12.2. The smallest absolute Gasteiger partial charge is 0.340 e. The lowest BCUT2D eigenvalue weighted by atomic mass is 9.87. The van der Waals surface area contributed by atoms with E-state index in [1.165, 1.54) is 5.56 Å². The van der Waals surface area contributed by atoms with Crippen LogP contribution >= 0.6 is 0 Å². The Labute approximate surface area is 167 Å². The zero-order chi connectivity index (χ0) is 20.6. The Morgan fingerprint density at radius 2 is 1.68 bits per heavy atom. The van der Waals surface area contributed by atoms with Crippen LogP contribution in [-0.4, -0.2) is 25.1 Å². The second-order valence-electron chi connectivity index (χ2n) is 7.54. The molecule has 2 rings (SSSR count). The summed E-state index contributed by atoms with van der Waals surface area (Å²) in [6.07, 6.45) is 0.881. The molecule has 0 saturated heterocycles. The van der Waals surface area contributed by atoms with Crippen LogP contribution in [0, 0.1) is 0 Å². The Morgan fingerprint density at radius 1 is 1.00 bits per heavy atom. The predicted octanol–water partition coefficient (Wildman–Crippen LogP) is 4.96. The van der Waals surface area contributed by atoms with E-state index >= 15 is 0 Å². The van der Waals surface area contributed by atoms with Crippen LogP contribution in [0.2, 0.25) is 0 Å². The Balaban J connectivity index is 1.80. The topological polar surface area (TPSA) is 64.6 Å². The molecule has 0 spiro atoms. The van der Waals surface area contributed by atoms with Gasteiger partial charge in [-0.1, -0.05) is 45.0 Å². The highest BCUT2D eigenvalue weighted by Gasteiger charge is 2.14. The summed E-state index contributed by atoms with van der Waals surface area (Å²) in [7, 11) is 0. The number of hydrogen-bond acceptors (Lipinski definition) is 4. The first kappa shape index (κ1) is 21.5. The number of anilines is 1. The van der Waals surface area contributed by atoms with Crippen molar-refractivity contribution in [2.75, 3.05) is 18.5 Å². The van der Waals surface area contributed by atoms with Crippen LogP contribution in [0.5, 0.6) is 5.75 Å². The number of nitrogens with one attached hydrogen (secondary N) is 1. The van der Waals surface area contributed by atoms with Gasteiger partial charge < -0.3 is 14.8 Å². The Bertz CT molecular complexity index is 791. The Kier molecular flexibility index (Phi) is 7.61. The summed E-state index contributed by atoms with van der Waals surface area (Å²) >= 11 is 0. The molecule has 0 atom stereocenters. The van der Waals surface area contributed by atoms with Crippen molar-refractivity contribution >= 4 is 17.6 Å². The average molecular weight is 383 g/mol. The van der Waals surface area contributed by atoms with Gasteiger partial charge in [0.25, 0.3) is 0 Å². The van der Waals surface area contributed by atoms with Crippen molar-refractivity contribution in [1.82, 2.24) is 0 Å². The van der Waals surface area contributed by atoms with Crippen molar-refractivity contribution in [3.05, 3.63) is 59.7 Å². The fourth-order valence-electron chi connectivity index (χ4n) is 2.67. The summed E-state index contributed by atoms with van der Waals surface area (Å²) in [5.41, 5.74) is 2.17. The summed E-state index contributed by atoms with van der Waals surface area (Å²) in [6, 6.07) is 14.9. The molecular formula is C23H29NO4. The normalized spacial score (nSPS) is 11.0. The number of amides is 1. The van der Waals surface area contributed by atoms with E-state index in [1.807, 2.05) is 12.1 Å². The number of hydrogen-bond donors (Lipinski definition) is 1. The first-order chi connectivity index (χ1) is 13.3. The number of rotatable bonds is 8. The van der Waals surface area contributed by atoms with E-state index in [1.54, 1.807) is 31.2 Å². The first-order valence-electron chi connectivity index (χ1n) is 9.60. The van der Waals surface area contributed by atoms with Gasteiger partial charge in [-0.3, -0.25) is 4.79 Å². The highest BCUT2D eigenvalue weighted by molar-refractivity contribution is 6.01. The maximum Gasteiger partial charge on any atom is 0.340 e. The van der Waals surface area contributed by atoms with Crippen molar-refractivity contribution in [3.8, 4) is 5.75 Å². The van der Waals surface area contributed by atoms with Crippen LogP contribution in [0.3, 0.4) is 0 Å². The van der Waals surface area contributed by atoms with Gasteiger partial charge in [0.05, 0.1) is 24.5 Å². The molecular weight excluding hydrogens is 354 g/mol. The summed E-state index contributed by atoms with van der Waals surface area (Å²) < 4.78 is 10.7. The molecule has 1 N–H and O–H groups in total. The number of carbonyl (C=O) groups is 2. The molecule has 1 amide bonds. The van der Waals surface area contributed by atoms with Gasteiger partial charge in [0, 0.05) is 6.42 Å². The summed E-state index contributed by atoms with van der Waals surface area (Å²) in [5, 5.41) is 2.78. The van der Waals surface area contributed by atoms with Crippen molar-refractivity contribution in [3.63, 3.8) is 0 Å². The van der Waals surface area contributed by atoms with E-state index in [9.17, 15) is 9.59 Å². The molecule has 2 aromatic carbocycles. The molecule has 0 radical (unpaired) electrons. The van der Waals surface area contributed by atoms with Crippen LogP contribution in [0.1, 0.15) is 56.5 Å². The number of esters is 1. The number of benzene rings is 2. The number of para-hydroxylation sites is 1. The molecule has 0 fully saturated rings. The molecule has 2 aromatic rings. The first-order valence-corrected chi connectivity index (χ1v) is 9.60. The molecule has 0 bridgehead atoms. The van der Waals surface area contributed by atoms with Crippen LogP contribution < -0.4 is 10.1 Å². The SMILES string of the molecule is CCOC(=O)c1ccccc1NC(=O)CCCOc1ccc(C(C)(C)C)cc1. The Hall–Kier alpha value is -2.82. The number of carbonyl (C=O) groups excluding carboxylic acids is 2. The van der Waals surface area contributed by atoms with E-state index in [4.69, 9.17) is 9.47 Å². The average Bonchev–Trinajstić information content (AvgIpc) is 2.65. The molecule has 0 aliphatic carbocycles. The zero-order valence-electron chi connectivity index (χ0n) is 17.1. The maximum absolute atomic E-state index is 12.2. The van der Waals surface area contributed by atoms with E-state index in [-0.39, 0.29) is 17.9 Å². The van der Waals surface area contributed by atoms with Crippen LogP contribution in [0.15, 0.2) is 48.5 Å². The van der Waals surface area contributed by atoms with Gasteiger partial charge in [0.1, 0.15) is 5.75 Å². The van der Waals surface area contributed by atoms with Crippen molar-refractivity contribution < 1.29 is 19.1 Å². The molecule has 5 heteroatoms. The number of ether oxygens (including phenoxy) is 2. The summed E-state index contributed by atoms with van der Waals surface area (Å²) in [5.74, 6) is 0.185. The van der Waals surface area contributed by atoms with Gasteiger partial charge in [0.2, 0.25) is 5.91 Å². The summed E-state index contributed by atoms with van der Waals surface area (Å²) in [6.45, 7) is 8.98. The predicted molar refractivity (Wildman–Crippen MR) is 111 cm³/mol. The lowest BCUT2D eigenvalue weighted by Crippen LogP contribution is -2.16. The van der Waals surface area contributed by atoms with E-state index in [0.29, 0.717) is 30.7 Å². The Morgan fingerprint density at radius 3 is 2.32 bits per heavy atom. The van der Waals surface area contributed by atoms with Gasteiger partial charge in [0.15, 0.2) is 0 Å². The summed E-state index contributed by atoms with van der Waals surface area (Å²) in [4.78, 5) is 24.1. The molecule has 0 aliphatic rings. The molecule has 0 saturated carbocycles. The van der Waals surface area contributed by atoms with Gasteiger partial charge in [-0.05, 0) is 48.6 Å². The minimum Gasteiger partial charge on any atom is -0.494 e. The van der Waals surface area contributed by atoms with Crippen molar-refractivity contribution in [1.29, 1.82) is 0 Å². The van der Waals surface area contributed by atoms with Gasteiger partial charge in [-0.15, -0.1) is 0 Å². The third-order valence-corrected chi connectivity index (χ3v) is 4.23. The second kappa shape index (κ2) is 9.93. The lowest BCUT2D eigenvalue weighted by molar-refractivity contribution is -0.116. The minimum absolute atomic E-state index is 0.108. The monoisotopic (exact) mass is 383 g/mol. The quantitative estimate of drug-likeness (QED) is 0.517. The third-order valence-electron chi connectivity index (χ3n) is 4.23. The molecule has 0 heterocycles. The van der Waals surface area contributed by atoms with Gasteiger partial charge >= 0.3 is 5.97 Å². The van der Waals surface area contributed by atoms with E-state index in [0.717, 1.165) is 5.75 Å². The molecule has 28 heavy (non-hydrogen) atoms. The van der Waals surface area contributed by atoms with Crippen molar-refractivity contribution in [2.45, 2.75) is 46.0 Å². The highest BCUT2D eigenvalue weighted by Crippen LogP contribution is 2.24.